The molecule has 0 fully saturated rings. The fourth-order valence-corrected chi connectivity index (χ4v) is 4.01. The molecule has 0 aliphatic heterocycles. The van der Waals surface area contributed by atoms with E-state index in [-0.39, 0.29) is 26.8 Å². The van der Waals surface area contributed by atoms with Crippen molar-refractivity contribution in [2.45, 2.75) is 0 Å². The van der Waals surface area contributed by atoms with Crippen LogP contribution in [0.1, 0.15) is 0 Å². The van der Waals surface area contributed by atoms with E-state index in [4.69, 9.17) is 14.7 Å². The molecule has 0 unspecified atom stereocenters. The minimum atomic E-state index is 0. The number of nitrogens with zero attached hydrogens (tertiary/aromatic N) is 3. The first kappa shape index (κ1) is 24.4. The van der Waals surface area contributed by atoms with E-state index in [9.17, 15) is 5.11 Å². The number of aromatic hydroxyl groups is 1. The molecule has 5 nitrogen and oxygen atoms in total. The zero-order valence-electron chi connectivity index (χ0n) is 19.5. The van der Waals surface area contributed by atoms with Crippen LogP contribution in [0.4, 0.5) is 0 Å². The Labute approximate surface area is 228 Å². The fourth-order valence-electron chi connectivity index (χ4n) is 4.01. The predicted octanol–water partition coefficient (Wildman–Crippen LogP) is 7.32. The monoisotopic (exact) mass is 661 g/mol. The molecule has 0 saturated heterocycles. The topological polar surface area (TPSA) is 68.1 Å². The van der Waals surface area contributed by atoms with Crippen molar-refractivity contribution < 1.29 is 30.9 Å². The van der Waals surface area contributed by atoms with Crippen LogP contribution in [-0.2, 0) is 21.1 Å². The number of para-hydroxylation sites is 1. The molecule has 0 spiro atoms. The van der Waals surface area contributed by atoms with Gasteiger partial charge in [-0.3, -0.25) is 4.98 Å². The smallest absolute Gasteiger partial charge is 0.217 e. The van der Waals surface area contributed by atoms with Crippen LogP contribution in [0, 0.1) is 6.07 Å². The minimum Gasteiger partial charge on any atom is -0.507 e. The van der Waals surface area contributed by atoms with Crippen LogP contribution >= 0.6 is 0 Å². The third kappa shape index (κ3) is 5.27. The van der Waals surface area contributed by atoms with Crippen molar-refractivity contribution in [3.63, 3.8) is 0 Å². The van der Waals surface area contributed by atoms with Crippen LogP contribution in [0.2, 0.25) is 0 Å². The normalized spacial score (nSPS) is 10.6. The molecule has 6 aromatic rings. The van der Waals surface area contributed by atoms with Crippen LogP contribution in [-0.4, -0.2) is 20.1 Å². The first-order valence-corrected chi connectivity index (χ1v) is 11.5. The number of hydrogen-bond donors (Lipinski definition) is 1. The van der Waals surface area contributed by atoms with Gasteiger partial charge >= 0.3 is 0 Å². The maximum Gasteiger partial charge on any atom is 0.217 e. The zero-order chi connectivity index (χ0) is 24.3. The standard InChI is InChI=1S/C31H20N3O2.Pt/c35-29-16-7-6-15-26(29)31-33-27(21-9-2-1-3-10-21)19-28(34-31)23-13-8-14-25(17-23)36-30-18-22-11-4-5-12-24(22)20-32-30;/h1-16,18-20,35H;/q-1;. The molecule has 2 aromatic heterocycles. The summed E-state index contributed by atoms with van der Waals surface area (Å²) in [5.41, 5.74) is 3.66. The Morgan fingerprint density at radius 2 is 1.41 bits per heavy atom. The molecule has 6 rings (SSSR count). The molecule has 0 atom stereocenters. The molecule has 6 heteroatoms. The van der Waals surface area contributed by atoms with Gasteiger partial charge in [-0.15, -0.1) is 23.8 Å². The molecular weight excluding hydrogens is 641 g/mol. The van der Waals surface area contributed by atoms with Gasteiger partial charge in [-0.2, -0.15) is 0 Å². The van der Waals surface area contributed by atoms with E-state index in [0.717, 1.165) is 27.6 Å². The zero-order valence-corrected chi connectivity index (χ0v) is 21.8. The molecular formula is C31H20N3O2Pt-. The number of hydrogen-bond acceptors (Lipinski definition) is 5. The molecule has 4 aromatic carbocycles. The molecule has 0 aliphatic rings. The second-order valence-electron chi connectivity index (χ2n) is 8.25. The summed E-state index contributed by atoms with van der Waals surface area (Å²) in [7, 11) is 0. The second kappa shape index (κ2) is 10.7. The van der Waals surface area contributed by atoms with Crippen molar-refractivity contribution in [1.82, 2.24) is 15.0 Å². The number of pyridine rings is 1. The van der Waals surface area contributed by atoms with Crippen molar-refractivity contribution in [1.29, 1.82) is 0 Å². The Morgan fingerprint density at radius 3 is 2.24 bits per heavy atom. The van der Waals surface area contributed by atoms with Gasteiger partial charge in [-0.1, -0.05) is 78.9 Å². The van der Waals surface area contributed by atoms with Gasteiger partial charge in [0, 0.05) is 44.5 Å². The molecule has 0 saturated carbocycles. The first-order chi connectivity index (χ1) is 17.7. The van der Waals surface area contributed by atoms with Gasteiger partial charge < -0.3 is 9.84 Å². The van der Waals surface area contributed by atoms with Crippen LogP contribution in [0.5, 0.6) is 17.4 Å². The Kier molecular flexibility index (Phi) is 7.06. The van der Waals surface area contributed by atoms with E-state index < -0.39 is 0 Å². The van der Waals surface area contributed by atoms with Crippen LogP contribution < -0.4 is 4.74 Å². The minimum absolute atomic E-state index is 0. The van der Waals surface area contributed by atoms with Gasteiger partial charge in [-0.05, 0) is 28.8 Å². The average Bonchev–Trinajstić information content (AvgIpc) is 2.94. The number of aromatic nitrogens is 3. The Hall–Kier alpha value is -4.34. The predicted molar refractivity (Wildman–Crippen MR) is 141 cm³/mol. The van der Waals surface area contributed by atoms with E-state index >= 15 is 0 Å². The van der Waals surface area contributed by atoms with Gasteiger partial charge in [-0.25, -0.2) is 9.97 Å². The van der Waals surface area contributed by atoms with Crippen LogP contribution in [0.25, 0.3) is 44.7 Å². The summed E-state index contributed by atoms with van der Waals surface area (Å²) in [5, 5.41) is 12.6. The molecule has 0 radical (unpaired) electrons. The van der Waals surface area contributed by atoms with Gasteiger partial charge in [0.1, 0.15) is 5.75 Å². The van der Waals surface area contributed by atoms with Crippen molar-refractivity contribution >= 4 is 10.8 Å². The summed E-state index contributed by atoms with van der Waals surface area (Å²) in [6.45, 7) is 0. The van der Waals surface area contributed by atoms with Crippen LogP contribution in [0.15, 0.2) is 115 Å². The van der Waals surface area contributed by atoms with Crippen molar-refractivity contribution in [3.8, 4) is 51.3 Å². The number of phenols is 1. The Balaban J connectivity index is 0.00000280. The summed E-state index contributed by atoms with van der Waals surface area (Å²) in [6.07, 6.45) is 1.80. The summed E-state index contributed by atoms with van der Waals surface area (Å²) in [5.74, 6) is 1.57. The maximum atomic E-state index is 10.5. The summed E-state index contributed by atoms with van der Waals surface area (Å²) >= 11 is 0. The van der Waals surface area contributed by atoms with Gasteiger partial charge in [0.25, 0.3) is 0 Å². The quantitative estimate of drug-likeness (QED) is 0.196. The van der Waals surface area contributed by atoms with Gasteiger partial charge in [0.15, 0.2) is 5.82 Å². The van der Waals surface area contributed by atoms with E-state index in [2.05, 4.69) is 11.1 Å². The molecule has 0 aliphatic carbocycles. The molecule has 0 amide bonds. The first-order valence-electron chi connectivity index (χ1n) is 11.5. The van der Waals surface area contributed by atoms with E-state index in [1.165, 1.54) is 0 Å². The number of rotatable bonds is 5. The Morgan fingerprint density at radius 1 is 0.676 bits per heavy atom. The Bertz CT molecular complexity index is 1690. The molecule has 1 N–H and O–H groups in total. The maximum absolute atomic E-state index is 10.5. The molecule has 37 heavy (non-hydrogen) atoms. The van der Waals surface area contributed by atoms with Crippen molar-refractivity contribution in [3.05, 3.63) is 121 Å². The fraction of sp³-hybridized carbons (Fsp3) is 0. The summed E-state index contributed by atoms with van der Waals surface area (Å²) < 4.78 is 6.05. The third-order valence-corrected chi connectivity index (χ3v) is 5.81. The second-order valence-corrected chi connectivity index (χ2v) is 8.25. The van der Waals surface area contributed by atoms with Gasteiger partial charge in [0.05, 0.1) is 11.3 Å². The average molecular weight is 662 g/mol. The largest absolute Gasteiger partial charge is 0.507 e. The van der Waals surface area contributed by atoms with Crippen molar-refractivity contribution in [2.75, 3.05) is 0 Å². The van der Waals surface area contributed by atoms with Crippen LogP contribution in [0.3, 0.4) is 0 Å². The van der Waals surface area contributed by atoms with E-state index in [1.54, 1.807) is 24.4 Å². The van der Waals surface area contributed by atoms with Gasteiger partial charge in [0.2, 0.25) is 5.88 Å². The number of fused-ring (bicyclic) bond motifs is 1. The number of phenolic OH excluding ortho intramolecular Hbond substituents is 1. The molecule has 182 valence electrons. The summed E-state index contributed by atoms with van der Waals surface area (Å²) in [4.78, 5) is 14.0. The SMILES string of the molecule is Oc1ccccc1-c1nc(-c2[c-]c(Oc3cc4ccccc4cn3)ccc2)cc(-c2ccccc2)n1.[Pt]. The number of benzene rings is 4. The van der Waals surface area contributed by atoms with E-state index in [1.807, 2.05) is 91.0 Å². The third-order valence-electron chi connectivity index (χ3n) is 5.81. The summed E-state index contributed by atoms with van der Waals surface area (Å²) in [6, 6.07) is 37.7. The van der Waals surface area contributed by atoms with E-state index in [0.29, 0.717) is 28.7 Å². The number of ether oxygens (including phenoxy) is 1. The molecule has 2 heterocycles. The molecule has 0 bridgehead atoms. The van der Waals surface area contributed by atoms with Crippen molar-refractivity contribution in [2.24, 2.45) is 0 Å².